The lowest BCUT2D eigenvalue weighted by Crippen LogP contribution is -2.33. The van der Waals surface area contributed by atoms with Gasteiger partial charge in [-0.2, -0.15) is 5.10 Å². The minimum Gasteiger partial charge on any atom is -0.492 e. The average Bonchev–Trinajstić information content (AvgIpc) is 2.48. The summed E-state index contributed by atoms with van der Waals surface area (Å²) < 4.78 is 5.79. The van der Waals surface area contributed by atoms with E-state index in [0.29, 0.717) is 6.61 Å². The fraction of sp³-hybridized carbons (Fsp3) is 0.467. The van der Waals surface area contributed by atoms with Crippen LogP contribution in [0.5, 0.6) is 5.75 Å². The highest BCUT2D eigenvalue weighted by Crippen LogP contribution is 2.13. The Balaban J connectivity index is 1.80. The van der Waals surface area contributed by atoms with Gasteiger partial charge in [0.25, 0.3) is 0 Å². The lowest BCUT2D eigenvalue weighted by molar-refractivity contribution is 0.183. The Kier molecular flexibility index (Phi) is 6.02. The van der Waals surface area contributed by atoms with Gasteiger partial charge in [0.1, 0.15) is 12.4 Å². The molecule has 1 aliphatic heterocycles. The second kappa shape index (κ2) is 8.26. The summed E-state index contributed by atoms with van der Waals surface area (Å²) in [5.74, 6) is 0.779. The van der Waals surface area contributed by atoms with Crippen LogP contribution in [-0.2, 0) is 0 Å². The van der Waals surface area contributed by atoms with Crippen LogP contribution in [0.4, 0.5) is 0 Å². The Bertz CT molecular complexity index is 491. The zero-order valence-electron chi connectivity index (χ0n) is 12.2. The normalized spacial score (nSPS) is 16.0. The molecule has 0 spiro atoms. The van der Waals surface area contributed by atoms with E-state index in [9.17, 15) is 0 Å². The molecule has 0 aromatic heterocycles. The van der Waals surface area contributed by atoms with E-state index in [0.717, 1.165) is 17.9 Å². The van der Waals surface area contributed by atoms with Crippen molar-refractivity contribution in [2.24, 2.45) is 21.7 Å². The van der Waals surface area contributed by atoms with E-state index in [-0.39, 0.29) is 5.96 Å². The van der Waals surface area contributed by atoms with Gasteiger partial charge < -0.3 is 16.2 Å². The van der Waals surface area contributed by atoms with E-state index in [2.05, 4.69) is 15.1 Å². The van der Waals surface area contributed by atoms with Crippen molar-refractivity contribution >= 4 is 12.2 Å². The molecule has 2 rings (SSSR count). The van der Waals surface area contributed by atoms with Crippen molar-refractivity contribution in [1.82, 2.24) is 4.90 Å². The number of likely N-dealkylation sites (tertiary alicyclic amines) is 1. The van der Waals surface area contributed by atoms with E-state index < -0.39 is 0 Å². The molecule has 1 fully saturated rings. The van der Waals surface area contributed by atoms with Gasteiger partial charge in [-0.05, 0) is 43.6 Å². The van der Waals surface area contributed by atoms with E-state index in [4.69, 9.17) is 16.2 Å². The molecular formula is C15H23N5O. The van der Waals surface area contributed by atoms with E-state index in [1.807, 2.05) is 24.3 Å². The standard InChI is InChI=1S/C15H23N5O/c16-15(17)19-18-12-13-5-4-6-14(11-13)21-10-9-20-7-2-1-3-8-20/h4-6,11-12H,1-3,7-10H2,(H4,16,17,19). The van der Waals surface area contributed by atoms with Crippen molar-refractivity contribution in [2.45, 2.75) is 19.3 Å². The quantitative estimate of drug-likeness (QED) is 0.467. The molecule has 6 heteroatoms. The zero-order chi connectivity index (χ0) is 14.9. The molecule has 0 radical (unpaired) electrons. The molecule has 0 saturated carbocycles. The lowest BCUT2D eigenvalue weighted by atomic mass is 10.1. The summed E-state index contributed by atoms with van der Waals surface area (Å²) in [7, 11) is 0. The van der Waals surface area contributed by atoms with Gasteiger partial charge >= 0.3 is 0 Å². The Morgan fingerprint density at radius 1 is 1.24 bits per heavy atom. The number of guanidine groups is 1. The van der Waals surface area contributed by atoms with Gasteiger partial charge in [-0.3, -0.25) is 4.90 Å². The summed E-state index contributed by atoms with van der Waals surface area (Å²) in [5, 5.41) is 7.35. The maximum Gasteiger partial charge on any atom is 0.211 e. The first kappa shape index (κ1) is 15.3. The van der Waals surface area contributed by atoms with Crippen molar-refractivity contribution in [3.63, 3.8) is 0 Å². The van der Waals surface area contributed by atoms with Crippen molar-refractivity contribution in [3.8, 4) is 5.75 Å². The summed E-state index contributed by atoms with van der Waals surface area (Å²) in [6, 6.07) is 7.70. The molecule has 21 heavy (non-hydrogen) atoms. The van der Waals surface area contributed by atoms with Crippen molar-refractivity contribution < 1.29 is 4.74 Å². The maximum absolute atomic E-state index is 5.79. The molecule has 0 bridgehead atoms. The molecule has 1 heterocycles. The molecule has 6 nitrogen and oxygen atoms in total. The van der Waals surface area contributed by atoms with Crippen molar-refractivity contribution in [1.29, 1.82) is 0 Å². The molecular weight excluding hydrogens is 266 g/mol. The molecule has 0 unspecified atom stereocenters. The number of rotatable bonds is 6. The van der Waals surface area contributed by atoms with Crippen LogP contribution in [0.2, 0.25) is 0 Å². The number of hydrogen-bond acceptors (Lipinski definition) is 4. The molecule has 4 N–H and O–H groups in total. The Labute approximate surface area is 125 Å². The largest absolute Gasteiger partial charge is 0.492 e. The number of nitrogens with zero attached hydrogens (tertiary/aromatic N) is 3. The third kappa shape index (κ3) is 5.83. The van der Waals surface area contributed by atoms with E-state index in [1.54, 1.807) is 6.21 Å². The molecule has 114 valence electrons. The van der Waals surface area contributed by atoms with Gasteiger partial charge in [0.05, 0.1) is 6.21 Å². The molecule has 1 saturated heterocycles. The third-order valence-corrected chi connectivity index (χ3v) is 3.36. The van der Waals surface area contributed by atoms with Crippen LogP contribution in [0.25, 0.3) is 0 Å². The van der Waals surface area contributed by atoms with Crippen molar-refractivity contribution in [2.75, 3.05) is 26.2 Å². The van der Waals surface area contributed by atoms with E-state index >= 15 is 0 Å². The monoisotopic (exact) mass is 289 g/mol. The van der Waals surface area contributed by atoms with Crippen LogP contribution in [0.15, 0.2) is 34.5 Å². The number of nitrogens with two attached hydrogens (primary N) is 2. The fourth-order valence-corrected chi connectivity index (χ4v) is 2.32. The summed E-state index contributed by atoms with van der Waals surface area (Å²) in [4.78, 5) is 2.45. The van der Waals surface area contributed by atoms with Crippen LogP contribution >= 0.6 is 0 Å². The van der Waals surface area contributed by atoms with Crippen LogP contribution in [0.3, 0.4) is 0 Å². The highest BCUT2D eigenvalue weighted by Gasteiger charge is 2.09. The van der Waals surface area contributed by atoms with Gasteiger partial charge in [-0.15, -0.1) is 5.10 Å². The second-order valence-corrected chi connectivity index (χ2v) is 5.09. The maximum atomic E-state index is 5.79. The summed E-state index contributed by atoms with van der Waals surface area (Å²) in [6.07, 6.45) is 5.55. The van der Waals surface area contributed by atoms with Gasteiger partial charge in [-0.1, -0.05) is 18.6 Å². The summed E-state index contributed by atoms with van der Waals surface area (Å²) in [6.45, 7) is 4.06. The lowest BCUT2D eigenvalue weighted by Gasteiger charge is -2.26. The smallest absolute Gasteiger partial charge is 0.211 e. The second-order valence-electron chi connectivity index (χ2n) is 5.09. The molecule has 0 amide bonds. The first-order valence-electron chi connectivity index (χ1n) is 7.31. The molecule has 1 aliphatic rings. The van der Waals surface area contributed by atoms with Gasteiger partial charge in [0.2, 0.25) is 5.96 Å². The van der Waals surface area contributed by atoms with Crippen LogP contribution in [-0.4, -0.2) is 43.3 Å². The first-order chi connectivity index (χ1) is 10.2. The van der Waals surface area contributed by atoms with Gasteiger partial charge in [-0.25, -0.2) is 0 Å². The molecule has 0 atom stereocenters. The summed E-state index contributed by atoms with van der Waals surface area (Å²) >= 11 is 0. The molecule has 0 aliphatic carbocycles. The zero-order valence-corrected chi connectivity index (χ0v) is 12.2. The number of benzene rings is 1. The Hall–Kier alpha value is -2.08. The third-order valence-electron chi connectivity index (χ3n) is 3.36. The number of piperidine rings is 1. The minimum atomic E-state index is -0.0554. The average molecular weight is 289 g/mol. The Morgan fingerprint density at radius 2 is 2.05 bits per heavy atom. The van der Waals surface area contributed by atoms with Gasteiger partial charge in [0.15, 0.2) is 0 Å². The first-order valence-corrected chi connectivity index (χ1v) is 7.31. The number of ether oxygens (including phenoxy) is 1. The summed E-state index contributed by atoms with van der Waals surface area (Å²) in [5.41, 5.74) is 11.3. The predicted molar refractivity (Wildman–Crippen MR) is 85.6 cm³/mol. The van der Waals surface area contributed by atoms with Gasteiger partial charge in [0, 0.05) is 6.54 Å². The highest BCUT2D eigenvalue weighted by molar-refractivity contribution is 5.81. The molecule has 1 aromatic rings. The fourth-order valence-electron chi connectivity index (χ4n) is 2.32. The number of hydrogen-bond donors (Lipinski definition) is 2. The Morgan fingerprint density at radius 3 is 2.81 bits per heavy atom. The SMILES string of the molecule is NC(N)=NN=Cc1cccc(OCCN2CCCCC2)c1. The van der Waals surface area contributed by atoms with Crippen molar-refractivity contribution in [3.05, 3.63) is 29.8 Å². The van der Waals surface area contributed by atoms with E-state index in [1.165, 1.54) is 32.4 Å². The topological polar surface area (TPSA) is 89.2 Å². The molecule has 1 aromatic carbocycles. The predicted octanol–water partition coefficient (Wildman–Crippen LogP) is 1.16. The highest BCUT2D eigenvalue weighted by atomic mass is 16.5. The minimum absolute atomic E-state index is 0.0554. The van der Waals surface area contributed by atoms with Crippen LogP contribution < -0.4 is 16.2 Å². The van der Waals surface area contributed by atoms with Crippen LogP contribution in [0, 0.1) is 0 Å². The van der Waals surface area contributed by atoms with Crippen LogP contribution in [0.1, 0.15) is 24.8 Å².